The topological polar surface area (TPSA) is 119 Å². The maximum absolute atomic E-state index is 12.4. The number of amides is 1. The molecule has 1 atom stereocenters. The highest BCUT2D eigenvalue weighted by Gasteiger charge is 2.26. The Hall–Kier alpha value is -3.13. The standard InChI is InChI=1S/C16H13ClN2O6/c1-25-16(22)14(9-3-2-4-11(20)7-9)18-15(21)12-6-5-10(19(23)24)8-13(12)17/h2-8,14,20H,1H3,(H,18,21). The van der Waals surface area contributed by atoms with Crippen molar-refractivity contribution in [2.24, 2.45) is 0 Å². The third-order valence-corrected chi connectivity index (χ3v) is 3.64. The molecule has 130 valence electrons. The summed E-state index contributed by atoms with van der Waals surface area (Å²) in [7, 11) is 1.16. The molecule has 0 aromatic heterocycles. The number of benzene rings is 2. The van der Waals surface area contributed by atoms with Gasteiger partial charge < -0.3 is 15.2 Å². The quantitative estimate of drug-likeness (QED) is 0.478. The van der Waals surface area contributed by atoms with E-state index in [0.29, 0.717) is 5.56 Å². The summed E-state index contributed by atoms with van der Waals surface area (Å²) in [6.07, 6.45) is 0. The second-order valence-corrected chi connectivity index (χ2v) is 5.35. The number of rotatable bonds is 5. The molecule has 8 nitrogen and oxygen atoms in total. The molecule has 1 unspecified atom stereocenters. The van der Waals surface area contributed by atoms with Gasteiger partial charge in [-0.15, -0.1) is 0 Å². The highest BCUT2D eigenvalue weighted by Crippen LogP contribution is 2.24. The zero-order valence-electron chi connectivity index (χ0n) is 12.9. The van der Waals surface area contributed by atoms with Gasteiger partial charge in [-0.05, 0) is 23.8 Å². The van der Waals surface area contributed by atoms with E-state index in [1.54, 1.807) is 0 Å². The first-order valence-electron chi connectivity index (χ1n) is 6.95. The Bertz CT molecular complexity index is 839. The molecular formula is C16H13ClN2O6. The van der Waals surface area contributed by atoms with Crippen LogP contribution in [0.4, 0.5) is 5.69 Å². The number of ether oxygens (including phenoxy) is 1. The Morgan fingerprint density at radius 3 is 2.56 bits per heavy atom. The summed E-state index contributed by atoms with van der Waals surface area (Å²) in [4.78, 5) is 34.5. The number of nitrogens with zero attached hydrogens (tertiary/aromatic N) is 1. The summed E-state index contributed by atoms with van der Waals surface area (Å²) in [5.41, 5.74) is -0.00129. The number of phenols is 1. The van der Waals surface area contributed by atoms with Crippen molar-refractivity contribution in [3.05, 3.63) is 68.7 Å². The molecule has 0 spiro atoms. The van der Waals surface area contributed by atoms with E-state index in [-0.39, 0.29) is 22.0 Å². The third kappa shape index (κ3) is 4.24. The van der Waals surface area contributed by atoms with Crippen molar-refractivity contribution >= 4 is 29.2 Å². The molecule has 0 saturated carbocycles. The largest absolute Gasteiger partial charge is 0.508 e. The van der Waals surface area contributed by atoms with Crippen molar-refractivity contribution in [2.45, 2.75) is 6.04 Å². The number of halogens is 1. The third-order valence-electron chi connectivity index (χ3n) is 3.32. The molecule has 1 amide bonds. The lowest BCUT2D eigenvalue weighted by Crippen LogP contribution is -2.34. The number of nitrogens with one attached hydrogen (secondary N) is 1. The Morgan fingerprint density at radius 2 is 2.00 bits per heavy atom. The minimum atomic E-state index is -1.18. The Morgan fingerprint density at radius 1 is 1.28 bits per heavy atom. The number of phenolic OH excluding ortho intramolecular Hbond substituents is 1. The molecule has 0 aliphatic rings. The first kappa shape index (κ1) is 18.2. The minimum Gasteiger partial charge on any atom is -0.508 e. The van der Waals surface area contributed by atoms with E-state index < -0.39 is 22.8 Å². The Kier molecular flexibility index (Phi) is 5.56. The Labute approximate surface area is 147 Å². The van der Waals surface area contributed by atoms with Gasteiger partial charge in [-0.1, -0.05) is 23.7 Å². The fourth-order valence-corrected chi connectivity index (χ4v) is 2.37. The van der Waals surface area contributed by atoms with Gasteiger partial charge in [-0.2, -0.15) is 0 Å². The van der Waals surface area contributed by atoms with E-state index in [4.69, 9.17) is 11.6 Å². The van der Waals surface area contributed by atoms with Crippen molar-refractivity contribution in [2.75, 3.05) is 7.11 Å². The zero-order chi connectivity index (χ0) is 18.6. The number of aromatic hydroxyl groups is 1. The number of carbonyl (C=O) groups excluding carboxylic acids is 2. The average Bonchev–Trinajstić information content (AvgIpc) is 2.58. The van der Waals surface area contributed by atoms with Gasteiger partial charge in [0, 0.05) is 12.1 Å². The van der Waals surface area contributed by atoms with Crippen LogP contribution in [0, 0.1) is 10.1 Å². The zero-order valence-corrected chi connectivity index (χ0v) is 13.7. The molecule has 25 heavy (non-hydrogen) atoms. The molecule has 0 radical (unpaired) electrons. The summed E-state index contributed by atoms with van der Waals surface area (Å²) < 4.78 is 4.67. The molecule has 0 aliphatic carbocycles. The van der Waals surface area contributed by atoms with Gasteiger partial charge in [0.15, 0.2) is 6.04 Å². The SMILES string of the molecule is COC(=O)C(NC(=O)c1ccc([N+](=O)[O-])cc1Cl)c1cccc(O)c1. The second kappa shape index (κ2) is 7.63. The molecule has 0 saturated heterocycles. The second-order valence-electron chi connectivity index (χ2n) is 4.95. The summed E-state index contributed by atoms with van der Waals surface area (Å²) >= 11 is 5.92. The van der Waals surface area contributed by atoms with Crippen LogP contribution < -0.4 is 5.32 Å². The molecule has 2 aromatic carbocycles. The van der Waals surface area contributed by atoms with Crippen molar-refractivity contribution < 1.29 is 24.4 Å². The molecule has 9 heteroatoms. The predicted octanol–water partition coefficient (Wildman–Crippen LogP) is 2.60. The maximum Gasteiger partial charge on any atom is 0.333 e. The molecule has 0 aliphatic heterocycles. The number of nitro groups is 1. The highest BCUT2D eigenvalue weighted by molar-refractivity contribution is 6.34. The summed E-state index contributed by atoms with van der Waals surface area (Å²) in [5, 5.41) is 22.6. The Balaban J connectivity index is 2.31. The fraction of sp³-hybridized carbons (Fsp3) is 0.125. The molecule has 0 bridgehead atoms. The van der Waals surface area contributed by atoms with E-state index in [2.05, 4.69) is 10.1 Å². The van der Waals surface area contributed by atoms with Gasteiger partial charge >= 0.3 is 5.97 Å². The average molecular weight is 365 g/mol. The predicted molar refractivity (Wildman–Crippen MR) is 88.4 cm³/mol. The molecule has 0 heterocycles. The van der Waals surface area contributed by atoms with Crippen LogP contribution in [-0.4, -0.2) is 29.0 Å². The number of nitro benzene ring substituents is 1. The van der Waals surface area contributed by atoms with Gasteiger partial charge in [-0.3, -0.25) is 14.9 Å². The van der Waals surface area contributed by atoms with Gasteiger partial charge in [0.2, 0.25) is 0 Å². The number of esters is 1. The van der Waals surface area contributed by atoms with Crippen molar-refractivity contribution in [1.82, 2.24) is 5.32 Å². The van der Waals surface area contributed by atoms with E-state index in [9.17, 15) is 24.8 Å². The van der Waals surface area contributed by atoms with Gasteiger partial charge in [0.05, 0.1) is 22.6 Å². The molecule has 2 aromatic rings. The summed E-state index contributed by atoms with van der Waals surface area (Å²) in [6, 6.07) is 7.92. The lowest BCUT2D eigenvalue weighted by atomic mass is 10.1. The molecule has 2 N–H and O–H groups in total. The number of non-ortho nitro benzene ring substituents is 1. The fourth-order valence-electron chi connectivity index (χ4n) is 2.11. The van der Waals surface area contributed by atoms with E-state index in [0.717, 1.165) is 19.2 Å². The number of hydrogen-bond acceptors (Lipinski definition) is 6. The first-order chi connectivity index (χ1) is 11.8. The van der Waals surface area contributed by atoms with Crippen LogP contribution in [0.25, 0.3) is 0 Å². The highest BCUT2D eigenvalue weighted by atomic mass is 35.5. The number of hydrogen-bond donors (Lipinski definition) is 2. The van der Waals surface area contributed by atoms with E-state index in [1.807, 2.05) is 0 Å². The van der Waals surface area contributed by atoms with Crippen LogP contribution >= 0.6 is 11.6 Å². The first-order valence-corrected chi connectivity index (χ1v) is 7.33. The van der Waals surface area contributed by atoms with E-state index >= 15 is 0 Å². The monoisotopic (exact) mass is 364 g/mol. The van der Waals surface area contributed by atoms with Crippen LogP contribution in [0.15, 0.2) is 42.5 Å². The maximum atomic E-state index is 12.4. The van der Waals surface area contributed by atoms with Crippen LogP contribution in [0.2, 0.25) is 5.02 Å². The number of methoxy groups -OCH3 is 1. The summed E-state index contributed by atoms with van der Waals surface area (Å²) in [5.74, 6) is -1.57. The van der Waals surface area contributed by atoms with Crippen LogP contribution in [0.5, 0.6) is 5.75 Å². The van der Waals surface area contributed by atoms with Gasteiger partial charge in [0.25, 0.3) is 11.6 Å². The van der Waals surface area contributed by atoms with Crippen molar-refractivity contribution in [3.63, 3.8) is 0 Å². The van der Waals surface area contributed by atoms with Crippen LogP contribution in [0.1, 0.15) is 22.0 Å². The normalized spacial score (nSPS) is 11.4. The molecule has 0 fully saturated rings. The van der Waals surface area contributed by atoms with E-state index in [1.165, 1.54) is 30.3 Å². The van der Waals surface area contributed by atoms with Crippen molar-refractivity contribution in [3.8, 4) is 5.75 Å². The minimum absolute atomic E-state index is 0.0404. The van der Waals surface area contributed by atoms with Crippen LogP contribution in [0.3, 0.4) is 0 Å². The van der Waals surface area contributed by atoms with Crippen molar-refractivity contribution in [1.29, 1.82) is 0 Å². The van der Waals surface area contributed by atoms with Crippen LogP contribution in [-0.2, 0) is 9.53 Å². The van der Waals surface area contributed by atoms with Gasteiger partial charge in [0.1, 0.15) is 5.75 Å². The van der Waals surface area contributed by atoms with Gasteiger partial charge in [-0.25, -0.2) is 4.79 Å². The number of carbonyl (C=O) groups is 2. The lowest BCUT2D eigenvalue weighted by molar-refractivity contribution is -0.384. The lowest BCUT2D eigenvalue weighted by Gasteiger charge is -2.17. The molecular weight excluding hydrogens is 352 g/mol. The summed E-state index contributed by atoms with van der Waals surface area (Å²) in [6.45, 7) is 0. The molecule has 2 rings (SSSR count). The smallest absolute Gasteiger partial charge is 0.333 e.